The normalized spacial score (nSPS) is 36.7. The van der Waals surface area contributed by atoms with Gasteiger partial charge in [0.15, 0.2) is 0 Å². The van der Waals surface area contributed by atoms with Gasteiger partial charge in [-0.25, -0.2) is 0 Å². The first-order valence-electron chi connectivity index (χ1n) is 5.54. The number of aliphatic hydroxyl groups excluding tert-OH is 4. The minimum Gasteiger partial charge on any atom is -0.481 e. The molecule has 110 valence electrons. The Bertz CT molecular complexity index is 342. The molecule has 0 aromatic heterocycles. The van der Waals surface area contributed by atoms with Crippen LogP contribution < -0.4 is 0 Å². The molecule has 1 aliphatic rings. The highest BCUT2D eigenvalue weighted by atomic mass is 16.5. The van der Waals surface area contributed by atoms with Crippen LogP contribution in [-0.2, 0) is 14.3 Å². The Balaban J connectivity index is 2.94. The third-order valence-corrected chi connectivity index (χ3v) is 3.04. The van der Waals surface area contributed by atoms with E-state index in [4.69, 9.17) is 20.1 Å². The quantitative estimate of drug-likeness (QED) is 0.308. The molecule has 6 N–H and O–H groups in total. The number of carboxylic acid groups (broad SMARTS) is 2. The predicted octanol–water partition coefficient (Wildman–Crippen LogP) is -3.00. The van der Waals surface area contributed by atoms with Crippen molar-refractivity contribution in [3.63, 3.8) is 0 Å². The molecule has 1 rings (SSSR count). The SMILES string of the molecule is O=C(O)CC(C(=O)O)C1O[C@H](CO)[C@@H](O)[C@H](O)[C@H]1O. The van der Waals surface area contributed by atoms with Crippen LogP contribution in [0.15, 0.2) is 0 Å². The molecular formula is C10H16O9. The first-order valence-corrected chi connectivity index (χ1v) is 5.54. The number of rotatable bonds is 5. The number of aliphatic hydroxyl groups is 4. The minimum atomic E-state index is -1.77. The monoisotopic (exact) mass is 280 g/mol. The van der Waals surface area contributed by atoms with Gasteiger partial charge in [0.05, 0.1) is 18.9 Å². The summed E-state index contributed by atoms with van der Waals surface area (Å²) in [5, 5.41) is 55.2. The second-order valence-corrected chi connectivity index (χ2v) is 4.34. The van der Waals surface area contributed by atoms with E-state index in [2.05, 4.69) is 0 Å². The van der Waals surface area contributed by atoms with Crippen LogP contribution >= 0.6 is 0 Å². The fourth-order valence-electron chi connectivity index (χ4n) is 2.00. The van der Waals surface area contributed by atoms with E-state index < -0.39 is 61.4 Å². The van der Waals surface area contributed by atoms with Gasteiger partial charge in [-0.05, 0) is 0 Å². The van der Waals surface area contributed by atoms with Gasteiger partial charge in [-0.3, -0.25) is 9.59 Å². The van der Waals surface area contributed by atoms with E-state index >= 15 is 0 Å². The first-order chi connectivity index (χ1) is 8.79. The zero-order valence-corrected chi connectivity index (χ0v) is 9.79. The smallest absolute Gasteiger partial charge is 0.309 e. The van der Waals surface area contributed by atoms with Crippen molar-refractivity contribution in [2.24, 2.45) is 5.92 Å². The average molecular weight is 280 g/mol. The highest BCUT2D eigenvalue weighted by Crippen LogP contribution is 2.27. The van der Waals surface area contributed by atoms with Crippen molar-refractivity contribution in [2.75, 3.05) is 6.61 Å². The molecule has 9 heteroatoms. The first kappa shape index (κ1) is 15.8. The van der Waals surface area contributed by atoms with Crippen LogP contribution in [0.4, 0.5) is 0 Å². The summed E-state index contributed by atoms with van der Waals surface area (Å²) in [5.41, 5.74) is 0. The maximum absolute atomic E-state index is 11.0. The number of ether oxygens (including phenoxy) is 1. The molecule has 0 spiro atoms. The van der Waals surface area contributed by atoms with E-state index in [-0.39, 0.29) is 0 Å². The fourth-order valence-corrected chi connectivity index (χ4v) is 2.00. The summed E-state index contributed by atoms with van der Waals surface area (Å²) in [6.07, 6.45) is -8.73. The molecule has 1 aliphatic heterocycles. The van der Waals surface area contributed by atoms with E-state index in [9.17, 15) is 24.9 Å². The van der Waals surface area contributed by atoms with E-state index in [0.29, 0.717) is 0 Å². The van der Waals surface area contributed by atoms with Gasteiger partial charge >= 0.3 is 11.9 Å². The van der Waals surface area contributed by atoms with Crippen LogP contribution in [0, 0.1) is 5.92 Å². The Hall–Kier alpha value is -1.26. The molecule has 0 aliphatic carbocycles. The van der Waals surface area contributed by atoms with E-state index in [1.54, 1.807) is 0 Å². The lowest BCUT2D eigenvalue weighted by molar-refractivity contribution is -0.242. The molecule has 1 saturated heterocycles. The Morgan fingerprint density at radius 3 is 2.05 bits per heavy atom. The average Bonchev–Trinajstić information content (AvgIpc) is 2.34. The number of carboxylic acids is 2. The van der Waals surface area contributed by atoms with Crippen molar-refractivity contribution in [1.29, 1.82) is 0 Å². The molecule has 0 aromatic carbocycles. The lowest BCUT2D eigenvalue weighted by Gasteiger charge is -2.41. The van der Waals surface area contributed by atoms with Crippen molar-refractivity contribution < 1.29 is 45.0 Å². The fraction of sp³-hybridized carbons (Fsp3) is 0.800. The van der Waals surface area contributed by atoms with Gasteiger partial charge in [-0.15, -0.1) is 0 Å². The predicted molar refractivity (Wildman–Crippen MR) is 57.1 cm³/mol. The zero-order chi connectivity index (χ0) is 14.7. The third-order valence-electron chi connectivity index (χ3n) is 3.04. The number of hydrogen-bond acceptors (Lipinski definition) is 7. The molecular weight excluding hydrogens is 264 g/mol. The Morgan fingerprint density at radius 1 is 1.05 bits per heavy atom. The summed E-state index contributed by atoms with van der Waals surface area (Å²) in [6.45, 7) is -0.707. The largest absolute Gasteiger partial charge is 0.481 e. The summed E-state index contributed by atoms with van der Waals surface area (Å²) in [4.78, 5) is 21.6. The van der Waals surface area contributed by atoms with E-state index in [1.165, 1.54) is 0 Å². The standard InChI is InChI=1S/C10H16O9/c11-2-4-6(14)7(15)8(16)9(19-4)3(10(17)18)1-5(12)13/h3-4,6-9,11,14-16H,1-2H2,(H,12,13)(H,17,18)/t3?,4-,6-,7+,8-,9?/m1/s1. The van der Waals surface area contributed by atoms with Gasteiger partial charge in [0.25, 0.3) is 0 Å². The Labute approximate surface area is 107 Å². The van der Waals surface area contributed by atoms with Crippen molar-refractivity contribution in [1.82, 2.24) is 0 Å². The van der Waals surface area contributed by atoms with Crippen molar-refractivity contribution >= 4 is 11.9 Å². The van der Waals surface area contributed by atoms with Gasteiger partial charge in [0, 0.05) is 0 Å². The zero-order valence-electron chi connectivity index (χ0n) is 9.79. The summed E-state index contributed by atoms with van der Waals surface area (Å²) in [5.74, 6) is -4.54. The van der Waals surface area contributed by atoms with Gasteiger partial charge < -0.3 is 35.4 Å². The van der Waals surface area contributed by atoms with Crippen LogP contribution in [0.2, 0.25) is 0 Å². The van der Waals surface area contributed by atoms with Crippen LogP contribution in [0.5, 0.6) is 0 Å². The molecule has 1 fully saturated rings. The topological polar surface area (TPSA) is 165 Å². The molecule has 9 nitrogen and oxygen atoms in total. The van der Waals surface area contributed by atoms with E-state index in [1.807, 2.05) is 0 Å². The molecule has 0 radical (unpaired) electrons. The molecule has 19 heavy (non-hydrogen) atoms. The molecule has 6 atom stereocenters. The Morgan fingerprint density at radius 2 is 1.63 bits per heavy atom. The second-order valence-electron chi connectivity index (χ2n) is 4.34. The van der Waals surface area contributed by atoms with Crippen molar-refractivity contribution in [3.8, 4) is 0 Å². The molecule has 0 bridgehead atoms. The Kier molecular flexibility index (Phi) is 5.20. The van der Waals surface area contributed by atoms with Gasteiger partial charge in [0.1, 0.15) is 30.5 Å². The number of hydrogen-bond donors (Lipinski definition) is 6. The van der Waals surface area contributed by atoms with Crippen LogP contribution in [0.25, 0.3) is 0 Å². The van der Waals surface area contributed by atoms with Crippen molar-refractivity contribution in [3.05, 3.63) is 0 Å². The summed E-state index contributed by atoms with van der Waals surface area (Å²) in [6, 6.07) is 0. The van der Waals surface area contributed by atoms with Crippen LogP contribution in [0.3, 0.4) is 0 Å². The van der Waals surface area contributed by atoms with E-state index in [0.717, 1.165) is 0 Å². The number of carbonyl (C=O) groups is 2. The third kappa shape index (κ3) is 3.39. The highest BCUT2D eigenvalue weighted by molar-refractivity contribution is 5.78. The number of aliphatic carboxylic acids is 2. The second kappa shape index (κ2) is 6.26. The minimum absolute atomic E-state index is 0.707. The van der Waals surface area contributed by atoms with Gasteiger partial charge in [-0.1, -0.05) is 0 Å². The van der Waals surface area contributed by atoms with Gasteiger partial charge in [-0.2, -0.15) is 0 Å². The summed E-state index contributed by atoms with van der Waals surface area (Å²) >= 11 is 0. The lowest BCUT2D eigenvalue weighted by atomic mass is 9.86. The highest BCUT2D eigenvalue weighted by Gasteiger charge is 2.48. The molecule has 0 aromatic rings. The summed E-state index contributed by atoms with van der Waals surface area (Å²) in [7, 11) is 0. The van der Waals surface area contributed by atoms with Crippen LogP contribution in [0.1, 0.15) is 6.42 Å². The van der Waals surface area contributed by atoms with Crippen molar-refractivity contribution in [2.45, 2.75) is 36.9 Å². The molecule has 0 saturated carbocycles. The maximum Gasteiger partial charge on any atom is 0.309 e. The summed E-state index contributed by atoms with van der Waals surface area (Å²) < 4.78 is 5.00. The molecule has 1 heterocycles. The molecule has 0 amide bonds. The molecule has 2 unspecified atom stereocenters. The lowest BCUT2D eigenvalue weighted by Crippen LogP contribution is -2.61. The maximum atomic E-state index is 11.0. The van der Waals surface area contributed by atoms with Crippen LogP contribution in [-0.4, -0.2) is 79.7 Å². The van der Waals surface area contributed by atoms with Gasteiger partial charge in [0.2, 0.25) is 0 Å².